The first-order valence-electron chi connectivity index (χ1n) is 13.2. The zero-order chi connectivity index (χ0) is 27.3. The van der Waals surface area contributed by atoms with Crippen LogP contribution in [0.25, 0.3) is 0 Å². The zero-order valence-corrected chi connectivity index (χ0v) is 21.9. The highest BCUT2D eigenvalue weighted by molar-refractivity contribution is 5.91. The molecule has 38 heavy (non-hydrogen) atoms. The first-order valence-corrected chi connectivity index (χ1v) is 13.2. The average molecular weight is 524 g/mol. The number of carbonyl (C=O) groups excluding carboxylic acids is 4. The van der Waals surface area contributed by atoms with Gasteiger partial charge in [0, 0.05) is 32.2 Å². The van der Waals surface area contributed by atoms with E-state index in [2.05, 4.69) is 5.32 Å². The third kappa shape index (κ3) is 8.41. The Labute approximate surface area is 223 Å². The molecule has 9 heteroatoms. The molecule has 204 valence electrons. The molecular formula is C29H37N3O6. The van der Waals surface area contributed by atoms with Gasteiger partial charge in [-0.25, -0.2) is 10.3 Å². The zero-order valence-electron chi connectivity index (χ0n) is 21.9. The quantitative estimate of drug-likeness (QED) is 0.160. The Morgan fingerprint density at radius 3 is 2.29 bits per heavy atom. The van der Waals surface area contributed by atoms with Crippen LogP contribution in [0.1, 0.15) is 62.1 Å². The van der Waals surface area contributed by atoms with Crippen molar-refractivity contribution in [2.45, 2.75) is 76.9 Å². The molecule has 3 amide bonds. The number of ether oxygens (including phenoxy) is 1. The lowest BCUT2D eigenvalue weighted by Gasteiger charge is -2.36. The fourth-order valence-corrected chi connectivity index (χ4v) is 4.69. The maximum absolute atomic E-state index is 13.6. The van der Waals surface area contributed by atoms with E-state index in [1.807, 2.05) is 54.6 Å². The molecule has 1 aliphatic heterocycles. The van der Waals surface area contributed by atoms with Crippen molar-refractivity contribution in [3.05, 3.63) is 71.3 Å². The largest absolute Gasteiger partial charge is 0.464 e. The fraction of sp³-hybridized carbons (Fsp3) is 0.448. The van der Waals surface area contributed by atoms with Crippen molar-refractivity contribution in [3.63, 3.8) is 0 Å². The van der Waals surface area contributed by atoms with Crippen LogP contribution in [-0.4, -0.2) is 52.5 Å². The van der Waals surface area contributed by atoms with Gasteiger partial charge in [0.2, 0.25) is 17.7 Å². The number of esters is 1. The first kappa shape index (κ1) is 28.8. The van der Waals surface area contributed by atoms with Gasteiger partial charge in [0.25, 0.3) is 0 Å². The van der Waals surface area contributed by atoms with E-state index >= 15 is 0 Å². The van der Waals surface area contributed by atoms with Crippen LogP contribution in [0, 0.1) is 0 Å². The minimum Gasteiger partial charge on any atom is -0.464 e. The molecule has 0 aromatic heterocycles. The fourth-order valence-electron chi connectivity index (χ4n) is 4.69. The summed E-state index contributed by atoms with van der Waals surface area (Å²) in [5, 5.41) is 11.4. The summed E-state index contributed by atoms with van der Waals surface area (Å²) in [4.78, 5) is 52.3. The lowest BCUT2D eigenvalue weighted by molar-refractivity contribution is -0.149. The SMILES string of the molecule is CCOC(=O)C(Cc1ccccc1)NC(=O)C1Cc2ccccc2CN1C(=O)CCCCCCC(=O)NO. The van der Waals surface area contributed by atoms with Gasteiger partial charge in [-0.2, -0.15) is 0 Å². The van der Waals surface area contributed by atoms with E-state index in [1.54, 1.807) is 17.3 Å². The topological polar surface area (TPSA) is 125 Å². The van der Waals surface area contributed by atoms with E-state index in [9.17, 15) is 19.2 Å². The molecule has 1 heterocycles. The molecule has 0 spiro atoms. The van der Waals surface area contributed by atoms with Gasteiger partial charge in [-0.15, -0.1) is 0 Å². The Bertz CT molecular complexity index is 1090. The molecule has 0 aliphatic carbocycles. The summed E-state index contributed by atoms with van der Waals surface area (Å²) in [6.45, 7) is 2.25. The van der Waals surface area contributed by atoms with Gasteiger partial charge in [0.1, 0.15) is 12.1 Å². The predicted octanol–water partition coefficient (Wildman–Crippen LogP) is 3.08. The minimum absolute atomic E-state index is 0.122. The number of carbonyl (C=O) groups is 4. The van der Waals surface area contributed by atoms with Crippen molar-refractivity contribution in [1.82, 2.24) is 15.7 Å². The van der Waals surface area contributed by atoms with Crippen molar-refractivity contribution >= 4 is 23.7 Å². The molecule has 3 rings (SSSR count). The number of nitrogens with one attached hydrogen (secondary N) is 2. The van der Waals surface area contributed by atoms with Crippen LogP contribution in [0.4, 0.5) is 0 Å². The van der Waals surface area contributed by atoms with Crippen LogP contribution in [0.2, 0.25) is 0 Å². The number of unbranched alkanes of at least 4 members (excludes halogenated alkanes) is 3. The summed E-state index contributed by atoms with van der Waals surface area (Å²) in [6, 6.07) is 15.6. The van der Waals surface area contributed by atoms with Gasteiger partial charge in [0.05, 0.1) is 6.61 Å². The van der Waals surface area contributed by atoms with Crippen LogP contribution < -0.4 is 10.8 Å². The normalized spacial score (nSPS) is 15.2. The number of hydrogen-bond donors (Lipinski definition) is 3. The second kappa shape index (κ2) is 14.9. The van der Waals surface area contributed by atoms with Crippen molar-refractivity contribution in [3.8, 4) is 0 Å². The summed E-state index contributed by atoms with van der Waals surface area (Å²) in [6.07, 6.45) is 3.94. The number of benzene rings is 2. The Morgan fingerprint density at radius 2 is 1.61 bits per heavy atom. The predicted molar refractivity (Wildman–Crippen MR) is 141 cm³/mol. The van der Waals surface area contributed by atoms with Crippen molar-refractivity contribution in [2.75, 3.05) is 6.61 Å². The summed E-state index contributed by atoms with van der Waals surface area (Å²) in [7, 11) is 0. The number of amides is 3. The molecule has 0 saturated heterocycles. The highest BCUT2D eigenvalue weighted by Gasteiger charge is 2.36. The van der Waals surface area contributed by atoms with Gasteiger partial charge in [-0.05, 0) is 36.5 Å². The maximum Gasteiger partial charge on any atom is 0.328 e. The molecule has 2 aromatic carbocycles. The van der Waals surface area contributed by atoms with Crippen LogP contribution in [0.5, 0.6) is 0 Å². The Morgan fingerprint density at radius 1 is 0.947 bits per heavy atom. The van der Waals surface area contributed by atoms with E-state index in [-0.39, 0.29) is 37.7 Å². The van der Waals surface area contributed by atoms with Crippen LogP contribution in [0.15, 0.2) is 54.6 Å². The molecular weight excluding hydrogens is 486 g/mol. The van der Waals surface area contributed by atoms with E-state index in [0.717, 1.165) is 29.5 Å². The lowest BCUT2D eigenvalue weighted by Crippen LogP contribution is -2.56. The second-order valence-electron chi connectivity index (χ2n) is 9.46. The van der Waals surface area contributed by atoms with Crippen molar-refractivity contribution in [1.29, 1.82) is 0 Å². The molecule has 9 nitrogen and oxygen atoms in total. The van der Waals surface area contributed by atoms with Crippen LogP contribution in [-0.2, 0) is 43.3 Å². The van der Waals surface area contributed by atoms with Crippen molar-refractivity contribution < 1.29 is 29.1 Å². The smallest absolute Gasteiger partial charge is 0.328 e. The van der Waals surface area contributed by atoms with E-state index in [0.29, 0.717) is 25.8 Å². The summed E-state index contributed by atoms with van der Waals surface area (Å²) >= 11 is 0. The molecule has 0 radical (unpaired) electrons. The van der Waals surface area contributed by atoms with Gasteiger partial charge < -0.3 is 15.0 Å². The highest BCUT2D eigenvalue weighted by atomic mass is 16.5. The number of hydrogen-bond acceptors (Lipinski definition) is 6. The monoisotopic (exact) mass is 523 g/mol. The highest BCUT2D eigenvalue weighted by Crippen LogP contribution is 2.25. The molecule has 3 N–H and O–H groups in total. The van der Waals surface area contributed by atoms with E-state index in [4.69, 9.17) is 9.94 Å². The molecule has 0 bridgehead atoms. The molecule has 0 fully saturated rings. The van der Waals surface area contributed by atoms with Gasteiger partial charge >= 0.3 is 5.97 Å². The number of fused-ring (bicyclic) bond motifs is 1. The summed E-state index contributed by atoms with van der Waals surface area (Å²) in [5.74, 6) is -1.43. The third-order valence-electron chi connectivity index (χ3n) is 6.71. The average Bonchev–Trinajstić information content (AvgIpc) is 2.94. The Hall–Kier alpha value is -3.72. The first-order chi connectivity index (χ1) is 18.4. The molecule has 2 unspecified atom stereocenters. The summed E-state index contributed by atoms with van der Waals surface area (Å²) < 4.78 is 5.23. The molecule has 2 atom stereocenters. The minimum atomic E-state index is -0.866. The Balaban J connectivity index is 1.68. The van der Waals surface area contributed by atoms with Crippen LogP contribution in [0.3, 0.4) is 0 Å². The lowest BCUT2D eigenvalue weighted by atomic mass is 9.92. The third-order valence-corrected chi connectivity index (χ3v) is 6.71. The van der Waals surface area contributed by atoms with Gasteiger partial charge in [0.15, 0.2) is 0 Å². The van der Waals surface area contributed by atoms with Gasteiger partial charge in [-0.3, -0.25) is 19.6 Å². The number of rotatable bonds is 13. The standard InChI is InChI=1S/C29H37N3O6/c1-2-38-29(36)24(18-21-12-6-5-7-13-21)30-28(35)25-19-22-14-10-11-15-23(22)20-32(25)27(34)17-9-4-3-8-16-26(33)31-37/h5-7,10-15,24-25,37H,2-4,8-9,16-20H2,1H3,(H,30,35)(H,31,33). The maximum atomic E-state index is 13.6. The number of hydroxylamine groups is 1. The van der Waals surface area contributed by atoms with Crippen molar-refractivity contribution in [2.24, 2.45) is 0 Å². The van der Waals surface area contributed by atoms with Gasteiger partial charge in [-0.1, -0.05) is 67.4 Å². The second-order valence-corrected chi connectivity index (χ2v) is 9.46. The molecule has 1 aliphatic rings. The number of nitrogens with zero attached hydrogens (tertiary/aromatic N) is 1. The van der Waals surface area contributed by atoms with Crippen LogP contribution >= 0.6 is 0 Å². The Kier molecular flexibility index (Phi) is 11.3. The van der Waals surface area contributed by atoms with E-state index < -0.39 is 24.0 Å². The molecule has 2 aromatic rings. The molecule has 0 saturated carbocycles. The summed E-state index contributed by atoms with van der Waals surface area (Å²) in [5.41, 5.74) is 4.52. The van der Waals surface area contributed by atoms with E-state index in [1.165, 1.54) is 0 Å².